The molecule has 1 aromatic carbocycles. The maximum Gasteiger partial charge on any atom is 0.231 e. The van der Waals surface area contributed by atoms with Gasteiger partial charge < -0.3 is 20.2 Å². The molecule has 33 heavy (non-hydrogen) atoms. The summed E-state index contributed by atoms with van der Waals surface area (Å²) in [6.07, 6.45) is 1.64. The van der Waals surface area contributed by atoms with Gasteiger partial charge in [-0.25, -0.2) is 14.4 Å². The minimum atomic E-state index is -0.542. The van der Waals surface area contributed by atoms with Crippen molar-refractivity contribution in [3.05, 3.63) is 51.6 Å². The number of piperazine rings is 1. The zero-order valence-electron chi connectivity index (χ0n) is 19.3. The smallest absolute Gasteiger partial charge is 0.231 e. The molecule has 2 heterocycles. The molecule has 7 nitrogen and oxygen atoms in total. The van der Waals surface area contributed by atoms with Crippen LogP contribution in [0.4, 0.5) is 10.2 Å². The van der Waals surface area contributed by atoms with Crippen LogP contribution in [0.15, 0.2) is 29.0 Å². The van der Waals surface area contributed by atoms with Crippen LogP contribution >= 0.6 is 15.9 Å². The molecular weight excluding hydrogens is 489 g/mol. The third-order valence-electron chi connectivity index (χ3n) is 6.54. The third kappa shape index (κ3) is 5.05. The summed E-state index contributed by atoms with van der Waals surface area (Å²) in [6.45, 7) is 9.02. The van der Waals surface area contributed by atoms with Crippen LogP contribution in [0.1, 0.15) is 62.0 Å². The summed E-state index contributed by atoms with van der Waals surface area (Å²) in [5.41, 5.74) is 2.42. The first-order valence-corrected chi connectivity index (χ1v) is 12.3. The molecule has 0 bridgehead atoms. The van der Waals surface area contributed by atoms with Crippen LogP contribution in [0.5, 0.6) is 0 Å². The maximum absolute atomic E-state index is 14.2. The van der Waals surface area contributed by atoms with E-state index in [9.17, 15) is 14.3 Å². The molecule has 0 spiro atoms. The van der Waals surface area contributed by atoms with Gasteiger partial charge in [0.05, 0.1) is 22.2 Å². The quantitative estimate of drug-likeness (QED) is 0.608. The second-order valence-corrected chi connectivity index (χ2v) is 10.1. The Morgan fingerprint density at radius 3 is 2.67 bits per heavy atom. The van der Waals surface area contributed by atoms with Gasteiger partial charge in [-0.1, -0.05) is 26.8 Å². The number of nitrogens with one attached hydrogen (secondary N) is 1. The minimum Gasteiger partial charge on any atom is -0.387 e. The van der Waals surface area contributed by atoms with Gasteiger partial charge in [0, 0.05) is 44.3 Å². The Labute approximate surface area is 202 Å². The molecule has 3 atom stereocenters. The lowest BCUT2D eigenvalue weighted by Crippen LogP contribution is -2.51. The molecule has 0 radical (unpaired) electrons. The van der Waals surface area contributed by atoms with Crippen molar-refractivity contribution in [1.29, 1.82) is 0 Å². The van der Waals surface area contributed by atoms with Crippen molar-refractivity contribution in [2.75, 3.05) is 37.6 Å². The molecular formula is C24H31BrFN5O2. The second-order valence-electron chi connectivity index (χ2n) is 9.25. The van der Waals surface area contributed by atoms with Crippen LogP contribution in [0.25, 0.3) is 0 Å². The Morgan fingerprint density at radius 1 is 1.27 bits per heavy atom. The molecule has 4 rings (SSSR count). The summed E-state index contributed by atoms with van der Waals surface area (Å²) >= 11 is 3.19. The molecule has 2 N–H and O–H groups in total. The number of carbonyl (C=O) groups is 1. The fraction of sp³-hybridized carbons (Fsp3) is 0.542. The fourth-order valence-corrected chi connectivity index (χ4v) is 4.99. The first-order valence-electron chi connectivity index (χ1n) is 11.5. The van der Waals surface area contributed by atoms with E-state index in [2.05, 4.69) is 43.0 Å². The Balaban J connectivity index is 1.49. The molecule has 1 amide bonds. The van der Waals surface area contributed by atoms with E-state index >= 15 is 0 Å². The van der Waals surface area contributed by atoms with E-state index in [1.54, 1.807) is 6.07 Å². The lowest BCUT2D eigenvalue weighted by atomic mass is 9.96. The number of aromatic nitrogens is 2. The van der Waals surface area contributed by atoms with Gasteiger partial charge in [-0.15, -0.1) is 0 Å². The molecule has 1 unspecified atom stereocenters. The highest BCUT2D eigenvalue weighted by Gasteiger charge is 2.35. The molecule has 2 aromatic rings. The zero-order chi connectivity index (χ0) is 23.7. The largest absolute Gasteiger partial charge is 0.387 e. The van der Waals surface area contributed by atoms with Gasteiger partial charge in [-0.2, -0.15) is 0 Å². The van der Waals surface area contributed by atoms with E-state index < -0.39 is 12.0 Å². The number of aliphatic hydroxyl groups excluding tert-OH is 1. The van der Waals surface area contributed by atoms with Crippen LogP contribution in [-0.2, 0) is 4.79 Å². The predicted molar refractivity (Wildman–Crippen MR) is 129 cm³/mol. The van der Waals surface area contributed by atoms with Crippen molar-refractivity contribution in [3.63, 3.8) is 0 Å². The summed E-state index contributed by atoms with van der Waals surface area (Å²) in [4.78, 5) is 26.4. The number of anilines is 1. The summed E-state index contributed by atoms with van der Waals surface area (Å²) < 4.78 is 14.6. The highest BCUT2D eigenvalue weighted by Crippen LogP contribution is 2.42. The van der Waals surface area contributed by atoms with Gasteiger partial charge in [0.15, 0.2) is 0 Å². The van der Waals surface area contributed by atoms with Crippen molar-refractivity contribution < 1.29 is 14.3 Å². The SMILES string of the molecule is CC(C)NCC(C(=O)N1CCN(c2ncnc3c2[C@H](C)C[C@@H]3O)CC1)c1ccc(Br)c(F)c1. The second kappa shape index (κ2) is 10.0. The lowest BCUT2D eigenvalue weighted by molar-refractivity contribution is -0.133. The first kappa shape index (κ1) is 24.0. The summed E-state index contributed by atoms with van der Waals surface area (Å²) in [6, 6.07) is 5.13. The number of aliphatic hydroxyl groups is 1. The number of rotatable bonds is 6. The topological polar surface area (TPSA) is 81.6 Å². The van der Waals surface area contributed by atoms with E-state index in [0.29, 0.717) is 49.2 Å². The summed E-state index contributed by atoms with van der Waals surface area (Å²) in [5, 5.41) is 13.6. The summed E-state index contributed by atoms with van der Waals surface area (Å²) in [5.74, 6) is 0.239. The average Bonchev–Trinajstić information content (AvgIpc) is 3.09. The third-order valence-corrected chi connectivity index (χ3v) is 7.19. The maximum atomic E-state index is 14.2. The minimum absolute atomic E-state index is 0.00114. The van der Waals surface area contributed by atoms with E-state index in [1.165, 1.54) is 12.4 Å². The van der Waals surface area contributed by atoms with Crippen LogP contribution in [0.2, 0.25) is 0 Å². The number of halogens is 2. The van der Waals surface area contributed by atoms with Crippen LogP contribution < -0.4 is 10.2 Å². The van der Waals surface area contributed by atoms with E-state index in [0.717, 1.165) is 17.1 Å². The number of amides is 1. The lowest BCUT2D eigenvalue weighted by Gasteiger charge is -2.38. The Bertz CT molecular complexity index is 1010. The molecule has 178 valence electrons. The van der Waals surface area contributed by atoms with Crippen molar-refractivity contribution >= 4 is 27.7 Å². The molecule has 1 aromatic heterocycles. The standard InChI is InChI=1S/C24H31BrFN5O2/c1-14(2)27-12-17(16-4-5-18(25)19(26)11-16)24(33)31-8-6-30(7-9-31)23-21-15(3)10-20(32)22(21)28-13-29-23/h4-5,11,13-15,17,20,27,32H,6-10,12H2,1-3H3/t15-,17?,20+/m1/s1. The molecule has 9 heteroatoms. The fourth-order valence-electron chi connectivity index (χ4n) is 4.74. The number of carbonyl (C=O) groups excluding carboxylic acids is 1. The molecule has 1 aliphatic carbocycles. The first-order chi connectivity index (χ1) is 15.8. The van der Waals surface area contributed by atoms with E-state index in [4.69, 9.17) is 0 Å². The van der Waals surface area contributed by atoms with Gasteiger partial charge >= 0.3 is 0 Å². The Morgan fingerprint density at radius 2 is 2.00 bits per heavy atom. The Hall–Kier alpha value is -2.10. The van der Waals surface area contributed by atoms with Crippen molar-refractivity contribution in [1.82, 2.24) is 20.2 Å². The number of fused-ring (bicyclic) bond motifs is 1. The average molecular weight is 520 g/mol. The number of hydrogen-bond acceptors (Lipinski definition) is 6. The van der Waals surface area contributed by atoms with Crippen LogP contribution in [0.3, 0.4) is 0 Å². The van der Waals surface area contributed by atoms with Crippen molar-refractivity contribution in [3.8, 4) is 0 Å². The zero-order valence-corrected chi connectivity index (χ0v) is 20.8. The normalized spacial score (nSPS) is 21.4. The van der Waals surface area contributed by atoms with Gasteiger partial charge in [0.25, 0.3) is 0 Å². The van der Waals surface area contributed by atoms with Crippen LogP contribution in [0, 0.1) is 5.82 Å². The predicted octanol–water partition coefficient (Wildman–Crippen LogP) is 3.35. The summed E-state index contributed by atoms with van der Waals surface area (Å²) in [7, 11) is 0. The molecule has 1 aliphatic heterocycles. The van der Waals surface area contributed by atoms with Crippen LogP contribution in [-0.4, -0.2) is 64.6 Å². The molecule has 1 saturated heterocycles. The number of nitrogens with zero attached hydrogens (tertiary/aromatic N) is 4. The van der Waals surface area contributed by atoms with Gasteiger partial charge in [-0.3, -0.25) is 4.79 Å². The molecule has 2 aliphatic rings. The highest BCUT2D eigenvalue weighted by atomic mass is 79.9. The monoisotopic (exact) mass is 519 g/mol. The van der Waals surface area contributed by atoms with Gasteiger partial charge in [0.2, 0.25) is 5.91 Å². The number of hydrogen-bond donors (Lipinski definition) is 2. The molecule has 0 saturated carbocycles. The van der Waals surface area contributed by atoms with Gasteiger partial charge in [-0.05, 0) is 46.0 Å². The number of benzene rings is 1. The van der Waals surface area contributed by atoms with Gasteiger partial charge in [0.1, 0.15) is 18.0 Å². The van der Waals surface area contributed by atoms with Crippen molar-refractivity contribution in [2.45, 2.75) is 51.2 Å². The van der Waals surface area contributed by atoms with E-state index in [-0.39, 0.29) is 23.7 Å². The van der Waals surface area contributed by atoms with E-state index in [1.807, 2.05) is 24.8 Å². The Kier molecular flexibility index (Phi) is 7.31. The van der Waals surface area contributed by atoms with Crippen molar-refractivity contribution in [2.24, 2.45) is 0 Å². The molecule has 1 fully saturated rings. The highest BCUT2D eigenvalue weighted by molar-refractivity contribution is 9.10.